The summed E-state index contributed by atoms with van der Waals surface area (Å²) in [7, 11) is 1.72. The maximum Gasteiger partial charge on any atom is 0.153 e. The molecule has 0 radical (unpaired) electrons. The van der Waals surface area contributed by atoms with Gasteiger partial charge in [-0.1, -0.05) is 12.1 Å². The smallest absolute Gasteiger partial charge is 0.153 e. The third-order valence-electron chi connectivity index (χ3n) is 3.38. The molecule has 0 bridgehead atoms. The second kappa shape index (κ2) is 4.07. The van der Waals surface area contributed by atoms with Gasteiger partial charge in [-0.2, -0.15) is 0 Å². The van der Waals surface area contributed by atoms with E-state index in [0.29, 0.717) is 12.8 Å². The zero-order chi connectivity index (χ0) is 11.0. The third kappa shape index (κ3) is 1.70. The molecule has 3 heteroatoms. The zero-order valence-electron chi connectivity index (χ0n) is 9.61. The fourth-order valence-electron chi connectivity index (χ4n) is 2.57. The highest BCUT2D eigenvalue weighted by Crippen LogP contribution is 2.33. The molecule has 2 heterocycles. The average Bonchev–Trinajstić information content (AvgIpc) is 2.73. The van der Waals surface area contributed by atoms with Crippen LogP contribution < -0.4 is 4.74 Å². The molecule has 0 aliphatic carbocycles. The Bertz CT molecular complexity index is 392. The molecular weight excluding hydrogens is 202 g/mol. The molecule has 86 valence electrons. The zero-order valence-corrected chi connectivity index (χ0v) is 9.61. The predicted molar refractivity (Wildman–Crippen MR) is 61.2 cm³/mol. The molecule has 1 aromatic carbocycles. The summed E-state index contributed by atoms with van der Waals surface area (Å²) < 4.78 is 11.2. The van der Waals surface area contributed by atoms with E-state index < -0.39 is 0 Å². The van der Waals surface area contributed by atoms with Crippen LogP contribution in [-0.2, 0) is 17.9 Å². The first kappa shape index (κ1) is 10.1. The van der Waals surface area contributed by atoms with Gasteiger partial charge in [-0.15, -0.1) is 0 Å². The second-order valence-corrected chi connectivity index (χ2v) is 4.56. The number of hydrogen-bond donors (Lipinski definition) is 0. The minimum atomic E-state index is 0.310. The number of hydrogen-bond acceptors (Lipinski definition) is 3. The number of ether oxygens (including phenoxy) is 2. The number of rotatable bonds is 2. The molecule has 2 aliphatic heterocycles. The first-order chi connectivity index (χ1) is 7.86. The van der Waals surface area contributed by atoms with Crippen LogP contribution in [0.4, 0.5) is 0 Å². The molecule has 0 saturated carbocycles. The molecule has 3 nitrogen and oxygen atoms in total. The van der Waals surface area contributed by atoms with E-state index in [2.05, 4.69) is 23.1 Å². The van der Waals surface area contributed by atoms with Gasteiger partial charge in [0.2, 0.25) is 0 Å². The molecule has 0 aromatic heterocycles. The van der Waals surface area contributed by atoms with Crippen molar-refractivity contribution in [2.24, 2.45) is 0 Å². The number of nitrogens with zero attached hydrogens (tertiary/aromatic N) is 1. The molecule has 1 aromatic rings. The SMILES string of the molecule is COCc1ccc2c(c1)O[C@@H]1CCCN1C2. The minimum Gasteiger partial charge on any atom is -0.475 e. The van der Waals surface area contributed by atoms with Gasteiger partial charge < -0.3 is 9.47 Å². The van der Waals surface area contributed by atoms with Gasteiger partial charge in [0.25, 0.3) is 0 Å². The van der Waals surface area contributed by atoms with E-state index >= 15 is 0 Å². The van der Waals surface area contributed by atoms with Gasteiger partial charge in [-0.05, 0) is 24.5 Å². The summed E-state index contributed by atoms with van der Waals surface area (Å²) in [5.41, 5.74) is 2.49. The van der Waals surface area contributed by atoms with Crippen molar-refractivity contribution in [1.29, 1.82) is 0 Å². The Morgan fingerprint density at radius 2 is 2.44 bits per heavy atom. The van der Waals surface area contributed by atoms with E-state index in [9.17, 15) is 0 Å². The molecule has 0 amide bonds. The monoisotopic (exact) mass is 219 g/mol. The lowest BCUT2D eigenvalue weighted by molar-refractivity contribution is 0.0338. The van der Waals surface area contributed by atoms with Crippen LogP contribution >= 0.6 is 0 Å². The van der Waals surface area contributed by atoms with Crippen LogP contribution in [0.15, 0.2) is 18.2 Å². The molecule has 0 unspecified atom stereocenters. The van der Waals surface area contributed by atoms with Crippen molar-refractivity contribution in [2.45, 2.75) is 32.2 Å². The summed E-state index contributed by atoms with van der Waals surface area (Å²) in [6.45, 7) is 2.86. The summed E-state index contributed by atoms with van der Waals surface area (Å²) >= 11 is 0. The van der Waals surface area contributed by atoms with Crippen molar-refractivity contribution in [3.63, 3.8) is 0 Å². The van der Waals surface area contributed by atoms with Crippen LogP contribution in [0.5, 0.6) is 5.75 Å². The maximum atomic E-state index is 6.01. The van der Waals surface area contributed by atoms with Gasteiger partial charge >= 0.3 is 0 Å². The van der Waals surface area contributed by atoms with E-state index in [1.54, 1.807) is 7.11 Å². The molecule has 1 fully saturated rings. The minimum absolute atomic E-state index is 0.310. The van der Waals surface area contributed by atoms with Gasteiger partial charge in [0.15, 0.2) is 6.23 Å². The van der Waals surface area contributed by atoms with Gasteiger partial charge in [-0.25, -0.2) is 0 Å². The lowest BCUT2D eigenvalue weighted by atomic mass is 10.1. The Labute approximate surface area is 96.0 Å². The summed E-state index contributed by atoms with van der Waals surface area (Å²) in [5, 5.41) is 0. The van der Waals surface area contributed by atoms with E-state index in [4.69, 9.17) is 9.47 Å². The molecule has 2 aliphatic rings. The second-order valence-electron chi connectivity index (χ2n) is 4.56. The molecule has 3 rings (SSSR count). The summed E-state index contributed by atoms with van der Waals surface area (Å²) in [5.74, 6) is 1.05. The van der Waals surface area contributed by atoms with E-state index in [1.165, 1.54) is 24.1 Å². The normalized spacial score (nSPS) is 23.7. The van der Waals surface area contributed by atoms with Crippen LogP contribution in [-0.4, -0.2) is 24.8 Å². The Kier molecular flexibility index (Phi) is 2.58. The number of fused-ring (bicyclic) bond motifs is 2. The molecule has 1 atom stereocenters. The van der Waals surface area contributed by atoms with Crippen LogP contribution in [0.2, 0.25) is 0 Å². The van der Waals surface area contributed by atoms with Crippen LogP contribution in [0.25, 0.3) is 0 Å². The van der Waals surface area contributed by atoms with E-state index in [0.717, 1.165) is 18.7 Å². The number of benzene rings is 1. The van der Waals surface area contributed by atoms with Crippen molar-refractivity contribution in [1.82, 2.24) is 4.90 Å². The Morgan fingerprint density at radius 1 is 1.50 bits per heavy atom. The lowest BCUT2D eigenvalue weighted by Crippen LogP contribution is -2.37. The van der Waals surface area contributed by atoms with Crippen molar-refractivity contribution < 1.29 is 9.47 Å². The van der Waals surface area contributed by atoms with Crippen LogP contribution in [0.1, 0.15) is 24.0 Å². The van der Waals surface area contributed by atoms with Gasteiger partial charge in [0.1, 0.15) is 5.75 Å². The van der Waals surface area contributed by atoms with E-state index in [-0.39, 0.29) is 0 Å². The van der Waals surface area contributed by atoms with Gasteiger partial charge in [0, 0.05) is 25.8 Å². The lowest BCUT2D eigenvalue weighted by Gasteiger charge is -2.32. The quantitative estimate of drug-likeness (QED) is 0.760. The summed E-state index contributed by atoms with van der Waals surface area (Å²) in [6.07, 6.45) is 2.72. The van der Waals surface area contributed by atoms with Gasteiger partial charge in [-0.3, -0.25) is 4.90 Å². The van der Waals surface area contributed by atoms with Crippen molar-refractivity contribution in [3.05, 3.63) is 29.3 Å². The summed E-state index contributed by atoms with van der Waals surface area (Å²) in [6, 6.07) is 6.41. The molecule has 16 heavy (non-hydrogen) atoms. The first-order valence-electron chi connectivity index (χ1n) is 5.88. The van der Waals surface area contributed by atoms with E-state index in [1.807, 2.05) is 0 Å². The van der Waals surface area contributed by atoms with Gasteiger partial charge in [0.05, 0.1) is 6.61 Å². The summed E-state index contributed by atoms with van der Waals surface area (Å²) in [4.78, 5) is 2.42. The fraction of sp³-hybridized carbons (Fsp3) is 0.538. The maximum absolute atomic E-state index is 6.01. The molecule has 0 N–H and O–H groups in total. The standard InChI is InChI=1S/C13H17NO2/c1-15-9-10-4-5-11-8-14-6-2-3-13(14)16-12(11)7-10/h4-5,7,13H,2-3,6,8-9H2,1H3/t13-/m1/s1. The third-order valence-corrected chi connectivity index (χ3v) is 3.38. The number of methoxy groups -OCH3 is 1. The highest BCUT2D eigenvalue weighted by atomic mass is 16.5. The Hall–Kier alpha value is -1.06. The molecule has 1 saturated heterocycles. The average molecular weight is 219 g/mol. The van der Waals surface area contributed by atoms with Crippen LogP contribution in [0, 0.1) is 0 Å². The fourth-order valence-corrected chi connectivity index (χ4v) is 2.57. The predicted octanol–water partition coefficient (Wildman–Crippen LogP) is 2.15. The first-order valence-corrected chi connectivity index (χ1v) is 5.88. The highest BCUT2D eigenvalue weighted by molar-refractivity contribution is 5.39. The largest absolute Gasteiger partial charge is 0.475 e. The Balaban J connectivity index is 1.87. The topological polar surface area (TPSA) is 21.7 Å². The van der Waals surface area contributed by atoms with Crippen molar-refractivity contribution >= 4 is 0 Å². The highest BCUT2D eigenvalue weighted by Gasteiger charge is 2.31. The van der Waals surface area contributed by atoms with Crippen LogP contribution in [0.3, 0.4) is 0 Å². The molecular formula is C13H17NO2. The Morgan fingerprint density at radius 3 is 3.31 bits per heavy atom. The van der Waals surface area contributed by atoms with Crippen molar-refractivity contribution in [3.8, 4) is 5.75 Å². The van der Waals surface area contributed by atoms with Crippen molar-refractivity contribution in [2.75, 3.05) is 13.7 Å². The molecule has 0 spiro atoms.